The average molecular weight is 575 g/mol. The molecule has 0 saturated carbocycles. The van der Waals surface area contributed by atoms with Crippen molar-refractivity contribution >= 4 is 30.1 Å². The Morgan fingerprint density at radius 2 is 1.74 bits per heavy atom. The number of anilines is 1. The summed E-state index contributed by atoms with van der Waals surface area (Å²) in [6, 6.07) is 14.3. The Morgan fingerprint density at radius 1 is 0.976 bits per heavy atom. The number of rotatable bonds is 8. The maximum Gasteiger partial charge on any atom is 0.417 e. The SMILES string of the molecule is C=CN=C(N=C)c1cc(C(=O)Nc2cc(C(=O)NCc3cccnc3)cnc2-c2ccccc2)c(F)cc1C(F)(F)F. The smallest absolute Gasteiger partial charge is 0.348 e. The lowest BCUT2D eigenvalue weighted by Gasteiger charge is -2.16. The first kappa shape index (κ1) is 29.5. The Balaban J connectivity index is 1.74. The number of alkyl halides is 3. The normalized spacial score (nSPS) is 11.5. The van der Waals surface area contributed by atoms with E-state index in [2.05, 4.69) is 43.9 Å². The lowest BCUT2D eigenvalue weighted by atomic mass is 10.0. The highest BCUT2D eigenvalue weighted by Crippen LogP contribution is 2.35. The van der Waals surface area contributed by atoms with Gasteiger partial charge in [-0.25, -0.2) is 14.4 Å². The topological polar surface area (TPSA) is 109 Å². The highest BCUT2D eigenvalue weighted by Gasteiger charge is 2.36. The fraction of sp³-hybridized carbons (Fsp3) is 0.0667. The van der Waals surface area contributed by atoms with Crippen LogP contribution in [-0.4, -0.2) is 34.3 Å². The molecule has 0 aliphatic heterocycles. The van der Waals surface area contributed by atoms with Crippen molar-refractivity contribution in [3.8, 4) is 11.3 Å². The predicted octanol–water partition coefficient (Wildman–Crippen LogP) is 6.07. The Hall–Kier alpha value is -5.52. The quantitative estimate of drug-likeness (QED) is 0.151. The van der Waals surface area contributed by atoms with E-state index >= 15 is 4.39 Å². The molecule has 0 radical (unpaired) electrons. The van der Waals surface area contributed by atoms with Crippen molar-refractivity contribution in [3.05, 3.63) is 126 Å². The van der Waals surface area contributed by atoms with Crippen LogP contribution in [0.5, 0.6) is 0 Å². The molecule has 2 N–H and O–H groups in total. The zero-order valence-electron chi connectivity index (χ0n) is 21.8. The number of hydrogen-bond donors (Lipinski definition) is 2. The van der Waals surface area contributed by atoms with Gasteiger partial charge in [0.2, 0.25) is 0 Å². The molecule has 0 aliphatic carbocycles. The molecule has 0 fully saturated rings. The summed E-state index contributed by atoms with van der Waals surface area (Å²) in [6.45, 7) is 6.71. The number of nitrogens with one attached hydrogen (secondary N) is 2. The number of hydrogen-bond acceptors (Lipinski definition) is 5. The first-order chi connectivity index (χ1) is 20.1. The van der Waals surface area contributed by atoms with E-state index in [9.17, 15) is 22.8 Å². The van der Waals surface area contributed by atoms with Gasteiger partial charge in [0, 0.05) is 42.5 Å². The Morgan fingerprint density at radius 3 is 2.38 bits per heavy atom. The first-order valence-corrected chi connectivity index (χ1v) is 12.2. The molecule has 4 rings (SSSR count). The minimum absolute atomic E-state index is 0.0166. The van der Waals surface area contributed by atoms with Crippen LogP contribution in [0.1, 0.15) is 37.4 Å². The van der Waals surface area contributed by atoms with Gasteiger partial charge in [-0.15, -0.1) is 0 Å². The maximum atomic E-state index is 15.0. The number of nitrogens with zero attached hydrogens (tertiary/aromatic N) is 4. The van der Waals surface area contributed by atoms with Gasteiger partial charge in [-0.2, -0.15) is 13.2 Å². The van der Waals surface area contributed by atoms with E-state index in [1.54, 1.807) is 54.9 Å². The zero-order valence-corrected chi connectivity index (χ0v) is 21.8. The second-order valence-electron chi connectivity index (χ2n) is 8.65. The van der Waals surface area contributed by atoms with Crippen LogP contribution >= 0.6 is 0 Å². The van der Waals surface area contributed by atoms with Crippen LogP contribution in [0.4, 0.5) is 23.2 Å². The molecular weight excluding hydrogens is 552 g/mol. The minimum Gasteiger partial charge on any atom is -0.348 e. The third-order valence-electron chi connectivity index (χ3n) is 5.88. The van der Waals surface area contributed by atoms with E-state index in [1.807, 2.05) is 0 Å². The molecule has 0 bridgehead atoms. The standard InChI is InChI=1S/C30H22F4N6O2/c1-3-37-27(35-2)21-13-22(24(31)14-23(21)30(32,33)34)29(42)40-25-12-20(17-38-26(25)19-9-5-4-6-10-19)28(41)39-16-18-8-7-11-36-15-18/h3-15,17H,1-2,16H2,(H,39,41)(H,40,42). The molecule has 0 saturated heterocycles. The maximum absolute atomic E-state index is 15.0. The summed E-state index contributed by atoms with van der Waals surface area (Å²) in [6.07, 6.45) is 0.440. The molecule has 2 aromatic carbocycles. The summed E-state index contributed by atoms with van der Waals surface area (Å²) in [4.78, 5) is 41.7. The summed E-state index contributed by atoms with van der Waals surface area (Å²) in [7, 11) is 0. The number of halogens is 4. The van der Waals surface area contributed by atoms with E-state index in [0.29, 0.717) is 11.6 Å². The van der Waals surface area contributed by atoms with Crippen molar-refractivity contribution in [2.75, 3.05) is 5.32 Å². The third-order valence-corrected chi connectivity index (χ3v) is 5.88. The van der Waals surface area contributed by atoms with E-state index in [-0.39, 0.29) is 29.6 Å². The van der Waals surface area contributed by atoms with Gasteiger partial charge in [0.25, 0.3) is 11.8 Å². The van der Waals surface area contributed by atoms with Gasteiger partial charge < -0.3 is 10.6 Å². The summed E-state index contributed by atoms with van der Waals surface area (Å²) >= 11 is 0. The lowest BCUT2D eigenvalue weighted by Crippen LogP contribution is -2.24. The van der Waals surface area contributed by atoms with Gasteiger partial charge >= 0.3 is 6.18 Å². The number of aromatic nitrogens is 2. The molecule has 0 unspecified atom stereocenters. The molecule has 2 amide bonds. The monoisotopic (exact) mass is 574 g/mol. The number of carbonyl (C=O) groups excluding carboxylic acids is 2. The molecule has 8 nitrogen and oxygen atoms in total. The highest BCUT2D eigenvalue weighted by atomic mass is 19.4. The number of amidine groups is 1. The molecule has 2 aromatic heterocycles. The second-order valence-corrected chi connectivity index (χ2v) is 8.65. The zero-order chi connectivity index (χ0) is 30.3. The van der Waals surface area contributed by atoms with Crippen LogP contribution in [0.15, 0.2) is 102 Å². The molecule has 12 heteroatoms. The molecule has 4 aromatic rings. The van der Waals surface area contributed by atoms with Crippen LogP contribution in [0, 0.1) is 5.82 Å². The van der Waals surface area contributed by atoms with Crippen LogP contribution in [-0.2, 0) is 12.7 Å². The number of pyridine rings is 2. The number of carbonyl (C=O) groups is 2. The molecular formula is C30H22F4N6O2. The van der Waals surface area contributed by atoms with Crippen molar-refractivity contribution in [2.24, 2.45) is 9.98 Å². The lowest BCUT2D eigenvalue weighted by molar-refractivity contribution is -0.137. The van der Waals surface area contributed by atoms with Gasteiger partial charge in [-0.3, -0.25) is 19.6 Å². The molecule has 0 spiro atoms. The third kappa shape index (κ3) is 6.78. The summed E-state index contributed by atoms with van der Waals surface area (Å²) in [5.74, 6) is -3.57. The van der Waals surface area contributed by atoms with Gasteiger partial charge in [-0.05, 0) is 36.5 Å². The van der Waals surface area contributed by atoms with Crippen molar-refractivity contribution in [3.63, 3.8) is 0 Å². The summed E-state index contributed by atoms with van der Waals surface area (Å²) < 4.78 is 56.2. The van der Waals surface area contributed by atoms with Crippen LogP contribution in [0.25, 0.3) is 11.3 Å². The van der Waals surface area contributed by atoms with Gasteiger partial charge in [-0.1, -0.05) is 43.0 Å². The van der Waals surface area contributed by atoms with E-state index < -0.39 is 46.3 Å². The predicted molar refractivity (Wildman–Crippen MR) is 151 cm³/mol. The average Bonchev–Trinajstić information content (AvgIpc) is 2.99. The summed E-state index contributed by atoms with van der Waals surface area (Å²) in [5, 5.41) is 5.21. The van der Waals surface area contributed by atoms with Crippen molar-refractivity contribution in [2.45, 2.75) is 12.7 Å². The van der Waals surface area contributed by atoms with E-state index in [4.69, 9.17) is 0 Å². The van der Waals surface area contributed by atoms with Crippen molar-refractivity contribution in [1.29, 1.82) is 0 Å². The largest absolute Gasteiger partial charge is 0.417 e. The summed E-state index contributed by atoms with van der Waals surface area (Å²) in [5.41, 5.74) is -1.18. The van der Waals surface area contributed by atoms with Gasteiger partial charge in [0.1, 0.15) is 5.82 Å². The Labute approximate surface area is 237 Å². The minimum atomic E-state index is -4.99. The number of amides is 2. The van der Waals surface area contributed by atoms with Crippen molar-refractivity contribution < 1.29 is 27.2 Å². The molecule has 0 aliphatic rings. The highest BCUT2D eigenvalue weighted by molar-refractivity contribution is 6.10. The second kappa shape index (κ2) is 12.8. The van der Waals surface area contributed by atoms with E-state index in [1.165, 1.54) is 12.3 Å². The van der Waals surface area contributed by atoms with Crippen LogP contribution < -0.4 is 10.6 Å². The fourth-order valence-corrected chi connectivity index (χ4v) is 3.94. The van der Waals surface area contributed by atoms with Crippen molar-refractivity contribution in [1.82, 2.24) is 15.3 Å². The molecule has 0 atom stereocenters. The van der Waals surface area contributed by atoms with Gasteiger partial charge in [0.05, 0.1) is 28.1 Å². The molecule has 42 heavy (non-hydrogen) atoms. The number of benzene rings is 2. The molecule has 2 heterocycles. The van der Waals surface area contributed by atoms with Crippen LogP contribution in [0.3, 0.4) is 0 Å². The van der Waals surface area contributed by atoms with Gasteiger partial charge in [0.15, 0.2) is 5.84 Å². The van der Waals surface area contributed by atoms with Crippen LogP contribution in [0.2, 0.25) is 0 Å². The Kier molecular flexibility index (Phi) is 8.96. The number of aliphatic imine (C=N–C) groups is 2. The fourth-order valence-electron chi connectivity index (χ4n) is 3.94. The van der Waals surface area contributed by atoms with E-state index in [0.717, 1.165) is 11.8 Å². The first-order valence-electron chi connectivity index (χ1n) is 12.2. The Bertz CT molecular complexity index is 1670. The molecule has 212 valence electrons.